The van der Waals surface area contributed by atoms with Crippen molar-refractivity contribution in [3.63, 3.8) is 0 Å². The van der Waals surface area contributed by atoms with E-state index < -0.39 is 0 Å². The second-order valence-corrected chi connectivity index (χ2v) is 9.61. The van der Waals surface area contributed by atoms with Crippen LogP contribution in [0.3, 0.4) is 0 Å². The molecule has 0 unspecified atom stereocenters. The maximum absolute atomic E-state index is 12.8. The van der Waals surface area contributed by atoms with Crippen molar-refractivity contribution < 1.29 is 9.59 Å². The van der Waals surface area contributed by atoms with Gasteiger partial charge in [0.1, 0.15) is 11.7 Å². The number of carbonyl (C=O) groups excluding carboxylic acids is 2. The smallest absolute Gasteiger partial charge is 0.245 e. The summed E-state index contributed by atoms with van der Waals surface area (Å²) in [5, 5.41) is 8.33. The summed E-state index contributed by atoms with van der Waals surface area (Å²) >= 11 is 17.9. The first-order valence-corrected chi connectivity index (χ1v) is 10.9. The highest BCUT2D eigenvalue weighted by molar-refractivity contribution is 6.42. The van der Waals surface area contributed by atoms with Gasteiger partial charge >= 0.3 is 0 Å². The number of hydrogen-bond acceptors (Lipinski definition) is 3. The van der Waals surface area contributed by atoms with Gasteiger partial charge in [0, 0.05) is 18.0 Å². The Labute approximate surface area is 192 Å². The van der Waals surface area contributed by atoms with Crippen molar-refractivity contribution in [3.8, 4) is 5.69 Å². The molecule has 2 aromatic rings. The number of alkyl halides is 1. The molecule has 1 heterocycles. The Hall–Kier alpha value is -1.76. The summed E-state index contributed by atoms with van der Waals surface area (Å²) in [6.45, 7) is 10.4. The zero-order valence-electron chi connectivity index (χ0n) is 17.8. The molecule has 0 aliphatic heterocycles. The van der Waals surface area contributed by atoms with Gasteiger partial charge in [-0.05, 0) is 24.1 Å². The monoisotopic (exact) mass is 472 g/mol. The number of aromatic nitrogens is 2. The Kier molecular flexibility index (Phi) is 8.20. The standard InChI is InChI=1S/C21H27Cl3N4O2/c1-13(2)11-27(20(30)10-22)12-19(29)25-18-9-17(21(3,4)5)26-28(18)14-6-7-15(23)16(24)8-14/h6-9,13H,10-12H2,1-5H3,(H,25,29). The second kappa shape index (κ2) is 10.0. The Morgan fingerprint density at radius 1 is 1.17 bits per heavy atom. The molecule has 0 atom stereocenters. The Morgan fingerprint density at radius 3 is 2.37 bits per heavy atom. The van der Waals surface area contributed by atoms with Crippen LogP contribution in [0.2, 0.25) is 10.0 Å². The van der Waals surface area contributed by atoms with E-state index in [0.29, 0.717) is 28.1 Å². The first-order chi connectivity index (χ1) is 13.9. The summed E-state index contributed by atoms with van der Waals surface area (Å²) < 4.78 is 1.61. The van der Waals surface area contributed by atoms with Gasteiger partial charge in [0.25, 0.3) is 0 Å². The van der Waals surface area contributed by atoms with E-state index in [1.54, 1.807) is 22.9 Å². The number of rotatable bonds is 7. The number of amides is 2. The minimum absolute atomic E-state index is 0.0961. The Bertz CT molecular complexity index is 919. The lowest BCUT2D eigenvalue weighted by Gasteiger charge is -2.23. The van der Waals surface area contributed by atoms with Crippen LogP contribution in [0.15, 0.2) is 24.3 Å². The van der Waals surface area contributed by atoms with Crippen LogP contribution in [0.1, 0.15) is 40.3 Å². The lowest BCUT2D eigenvalue weighted by Crippen LogP contribution is -2.41. The van der Waals surface area contributed by atoms with Gasteiger partial charge in [0.2, 0.25) is 11.8 Å². The van der Waals surface area contributed by atoms with E-state index in [4.69, 9.17) is 34.8 Å². The highest BCUT2D eigenvalue weighted by atomic mass is 35.5. The van der Waals surface area contributed by atoms with E-state index in [-0.39, 0.29) is 35.6 Å². The number of nitrogens with zero attached hydrogens (tertiary/aromatic N) is 3. The number of nitrogens with one attached hydrogen (secondary N) is 1. The topological polar surface area (TPSA) is 67.2 Å². The van der Waals surface area contributed by atoms with Crippen LogP contribution in [0, 0.1) is 5.92 Å². The van der Waals surface area contributed by atoms with Gasteiger partial charge in [0.15, 0.2) is 0 Å². The van der Waals surface area contributed by atoms with Crippen LogP contribution in [0.4, 0.5) is 5.82 Å². The van der Waals surface area contributed by atoms with E-state index in [9.17, 15) is 9.59 Å². The van der Waals surface area contributed by atoms with Gasteiger partial charge in [0.05, 0.1) is 28.0 Å². The number of halogens is 3. The molecule has 0 radical (unpaired) electrons. The van der Waals surface area contributed by atoms with Crippen LogP contribution in [0.25, 0.3) is 5.69 Å². The molecule has 0 aliphatic rings. The van der Waals surface area contributed by atoms with Crippen molar-refractivity contribution in [2.45, 2.75) is 40.0 Å². The minimum Gasteiger partial charge on any atom is -0.332 e. The predicted molar refractivity (Wildman–Crippen MR) is 123 cm³/mol. The van der Waals surface area contributed by atoms with Crippen LogP contribution < -0.4 is 5.32 Å². The van der Waals surface area contributed by atoms with E-state index in [1.807, 2.05) is 40.7 Å². The maximum Gasteiger partial charge on any atom is 0.245 e. The van der Waals surface area contributed by atoms with Crippen molar-refractivity contribution in [2.24, 2.45) is 5.92 Å². The average Bonchev–Trinajstić information content (AvgIpc) is 3.06. The number of hydrogen-bond donors (Lipinski definition) is 1. The maximum atomic E-state index is 12.8. The summed E-state index contributed by atoms with van der Waals surface area (Å²) in [5.41, 5.74) is 1.21. The van der Waals surface area contributed by atoms with Gasteiger partial charge in [-0.1, -0.05) is 57.8 Å². The molecule has 0 saturated carbocycles. The van der Waals surface area contributed by atoms with Crippen molar-refractivity contribution in [2.75, 3.05) is 24.3 Å². The molecule has 2 rings (SSSR count). The third-order valence-corrected chi connectivity index (χ3v) is 5.25. The molecule has 0 bridgehead atoms. The van der Waals surface area contributed by atoms with Gasteiger partial charge in [-0.15, -0.1) is 11.6 Å². The Balaban J connectivity index is 2.35. The summed E-state index contributed by atoms with van der Waals surface area (Å²) in [5.74, 6) is -0.106. The summed E-state index contributed by atoms with van der Waals surface area (Å²) in [6, 6.07) is 6.94. The van der Waals surface area contributed by atoms with Crippen molar-refractivity contribution in [3.05, 3.63) is 40.0 Å². The molecule has 1 aromatic heterocycles. The zero-order chi connectivity index (χ0) is 22.6. The highest BCUT2D eigenvalue weighted by Crippen LogP contribution is 2.29. The molecule has 0 aliphatic carbocycles. The molecule has 30 heavy (non-hydrogen) atoms. The Morgan fingerprint density at radius 2 is 1.83 bits per heavy atom. The van der Waals surface area contributed by atoms with Crippen molar-refractivity contribution >= 4 is 52.4 Å². The fourth-order valence-electron chi connectivity index (χ4n) is 2.79. The van der Waals surface area contributed by atoms with Gasteiger partial charge in [-0.3, -0.25) is 9.59 Å². The summed E-state index contributed by atoms with van der Waals surface area (Å²) in [7, 11) is 0. The molecule has 2 amide bonds. The average molecular weight is 474 g/mol. The van der Waals surface area contributed by atoms with Gasteiger partial charge in [-0.2, -0.15) is 5.10 Å². The molecule has 9 heteroatoms. The SMILES string of the molecule is CC(C)CN(CC(=O)Nc1cc(C(C)(C)C)nn1-c1ccc(Cl)c(Cl)c1)C(=O)CCl. The summed E-state index contributed by atoms with van der Waals surface area (Å²) in [4.78, 5) is 26.3. The van der Waals surface area contributed by atoms with E-state index in [0.717, 1.165) is 5.69 Å². The molecule has 164 valence electrons. The molecular weight excluding hydrogens is 447 g/mol. The van der Waals surface area contributed by atoms with Crippen LogP contribution in [-0.2, 0) is 15.0 Å². The highest BCUT2D eigenvalue weighted by Gasteiger charge is 2.23. The van der Waals surface area contributed by atoms with Crippen molar-refractivity contribution in [1.29, 1.82) is 0 Å². The number of carbonyl (C=O) groups is 2. The molecule has 0 fully saturated rings. The molecule has 0 saturated heterocycles. The number of benzene rings is 1. The normalized spacial score (nSPS) is 11.6. The van der Waals surface area contributed by atoms with Crippen LogP contribution in [0.5, 0.6) is 0 Å². The summed E-state index contributed by atoms with van der Waals surface area (Å²) in [6.07, 6.45) is 0. The first kappa shape index (κ1) is 24.5. The largest absolute Gasteiger partial charge is 0.332 e. The quantitative estimate of drug-likeness (QED) is 0.566. The zero-order valence-corrected chi connectivity index (χ0v) is 20.1. The lowest BCUT2D eigenvalue weighted by atomic mass is 9.92. The third-order valence-electron chi connectivity index (χ3n) is 4.28. The fourth-order valence-corrected chi connectivity index (χ4v) is 3.25. The number of anilines is 1. The molecule has 1 aromatic carbocycles. The van der Waals surface area contributed by atoms with E-state index >= 15 is 0 Å². The first-order valence-electron chi connectivity index (χ1n) is 9.62. The van der Waals surface area contributed by atoms with E-state index in [1.165, 1.54) is 4.90 Å². The fraction of sp³-hybridized carbons (Fsp3) is 0.476. The molecule has 0 spiro atoms. The molecule has 1 N–H and O–H groups in total. The lowest BCUT2D eigenvalue weighted by molar-refractivity contribution is -0.133. The van der Waals surface area contributed by atoms with Crippen molar-refractivity contribution in [1.82, 2.24) is 14.7 Å². The van der Waals surface area contributed by atoms with Crippen LogP contribution in [-0.4, -0.2) is 45.5 Å². The van der Waals surface area contributed by atoms with Crippen LogP contribution >= 0.6 is 34.8 Å². The molecular formula is C21H27Cl3N4O2. The van der Waals surface area contributed by atoms with E-state index in [2.05, 4.69) is 10.4 Å². The molecule has 6 nitrogen and oxygen atoms in total. The third kappa shape index (κ3) is 6.37. The predicted octanol–water partition coefficient (Wildman–Crippen LogP) is 5.14. The van der Waals surface area contributed by atoms with Gasteiger partial charge in [-0.25, -0.2) is 4.68 Å². The minimum atomic E-state index is -0.337. The van der Waals surface area contributed by atoms with Gasteiger partial charge < -0.3 is 10.2 Å². The second-order valence-electron chi connectivity index (χ2n) is 8.52.